The van der Waals surface area contributed by atoms with E-state index in [0.29, 0.717) is 5.84 Å². The van der Waals surface area contributed by atoms with Crippen LogP contribution in [0.4, 0.5) is 0 Å². The zero-order chi connectivity index (χ0) is 7.84. The lowest BCUT2D eigenvalue weighted by Crippen LogP contribution is -2.43. The third-order valence-corrected chi connectivity index (χ3v) is 1.49. The highest BCUT2D eigenvalue weighted by atomic mass is 16.2. The zero-order valence-corrected chi connectivity index (χ0v) is 5.48. The second-order valence-electron chi connectivity index (χ2n) is 2.18. The summed E-state index contributed by atoms with van der Waals surface area (Å²) in [5.41, 5.74) is 5.38. The molecule has 1 atom stereocenters. The third kappa shape index (κ3) is 0.721. The molecule has 6 heteroatoms. The van der Waals surface area contributed by atoms with Gasteiger partial charge in [0.25, 0.3) is 0 Å². The first-order valence-electron chi connectivity index (χ1n) is 3.03. The number of nitrogens with one attached hydrogen (secondary N) is 1. The van der Waals surface area contributed by atoms with E-state index in [0.717, 1.165) is 0 Å². The Labute approximate surface area is 61.9 Å². The number of amidine groups is 2. The maximum atomic E-state index is 11.0. The predicted molar refractivity (Wildman–Crippen MR) is 39.2 cm³/mol. The molecule has 1 unspecified atom stereocenters. The van der Waals surface area contributed by atoms with Crippen molar-refractivity contribution in [1.29, 1.82) is 0 Å². The van der Waals surface area contributed by atoms with Gasteiger partial charge < -0.3 is 11.1 Å². The van der Waals surface area contributed by atoms with Crippen LogP contribution in [0.1, 0.15) is 0 Å². The molecule has 56 valence electrons. The molecule has 2 heterocycles. The van der Waals surface area contributed by atoms with Gasteiger partial charge in [-0.25, -0.2) is 4.99 Å². The minimum Gasteiger partial charge on any atom is -0.385 e. The van der Waals surface area contributed by atoms with Gasteiger partial charge in [-0.05, 0) is 0 Å². The summed E-state index contributed by atoms with van der Waals surface area (Å²) < 4.78 is 0. The van der Waals surface area contributed by atoms with Crippen LogP contribution < -0.4 is 11.1 Å². The van der Waals surface area contributed by atoms with Crippen molar-refractivity contribution >= 4 is 23.9 Å². The maximum absolute atomic E-state index is 11.0. The summed E-state index contributed by atoms with van der Waals surface area (Å²) in [6, 6.07) is 0. The van der Waals surface area contributed by atoms with Gasteiger partial charge in [-0.2, -0.15) is 0 Å². The summed E-state index contributed by atoms with van der Waals surface area (Å²) >= 11 is 0. The van der Waals surface area contributed by atoms with Crippen LogP contribution in [0.15, 0.2) is 15.2 Å². The number of hydrogen-bond acceptors (Lipinski definition) is 5. The SMILES string of the molecule is NC1=NN=C2N=CNC(=O)C12. The van der Waals surface area contributed by atoms with Crippen molar-refractivity contribution in [3.8, 4) is 0 Å². The fraction of sp³-hybridized carbons (Fsp3) is 0.200. The number of carbonyl (C=O) groups is 1. The Bertz CT molecular complexity index is 302. The molecule has 1 amide bonds. The number of nitrogens with zero attached hydrogens (tertiary/aromatic N) is 3. The van der Waals surface area contributed by atoms with Crippen LogP contribution in [-0.4, -0.2) is 23.9 Å². The fourth-order valence-corrected chi connectivity index (χ4v) is 0.954. The first kappa shape index (κ1) is 6.02. The Morgan fingerprint density at radius 1 is 1.55 bits per heavy atom. The van der Waals surface area contributed by atoms with Crippen LogP contribution >= 0.6 is 0 Å². The molecule has 2 aliphatic heterocycles. The number of carbonyl (C=O) groups excluding carboxylic acids is 1. The molecule has 0 saturated heterocycles. The molecule has 0 fully saturated rings. The molecule has 0 saturated carbocycles. The quantitative estimate of drug-likeness (QED) is 0.438. The number of amides is 1. The van der Waals surface area contributed by atoms with Crippen LogP contribution in [0.25, 0.3) is 0 Å². The van der Waals surface area contributed by atoms with Gasteiger partial charge in [-0.3, -0.25) is 4.79 Å². The molecule has 6 nitrogen and oxygen atoms in total. The minimum absolute atomic E-state index is 0.203. The van der Waals surface area contributed by atoms with Crippen LogP contribution in [0.5, 0.6) is 0 Å². The van der Waals surface area contributed by atoms with Crippen LogP contribution in [0, 0.1) is 5.92 Å². The molecule has 3 N–H and O–H groups in total. The van der Waals surface area contributed by atoms with Crippen molar-refractivity contribution in [2.24, 2.45) is 26.8 Å². The highest BCUT2D eigenvalue weighted by Gasteiger charge is 2.33. The van der Waals surface area contributed by atoms with Crippen molar-refractivity contribution in [2.45, 2.75) is 0 Å². The Balaban J connectivity index is 2.42. The molecular weight excluding hydrogens is 146 g/mol. The van der Waals surface area contributed by atoms with Crippen molar-refractivity contribution < 1.29 is 4.79 Å². The van der Waals surface area contributed by atoms with E-state index in [-0.39, 0.29) is 11.7 Å². The molecule has 2 rings (SSSR count). The van der Waals surface area contributed by atoms with Crippen LogP contribution in [0.3, 0.4) is 0 Å². The van der Waals surface area contributed by atoms with Crippen LogP contribution in [-0.2, 0) is 4.79 Å². The van der Waals surface area contributed by atoms with Gasteiger partial charge in [0.1, 0.15) is 5.84 Å². The van der Waals surface area contributed by atoms with E-state index in [1.807, 2.05) is 0 Å². The van der Waals surface area contributed by atoms with E-state index in [9.17, 15) is 4.79 Å². The average molecular weight is 151 g/mol. The number of nitrogens with two attached hydrogens (primary N) is 1. The Morgan fingerprint density at radius 2 is 2.36 bits per heavy atom. The normalized spacial score (nSPS) is 27.3. The lowest BCUT2D eigenvalue weighted by atomic mass is 10.1. The molecule has 0 aliphatic carbocycles. The molecular formula is C5H5N5O. The Hall–Kier alpha value is -1.72. The minimum atomic E-state index is -0.569. The first-order chi connectivity index (χ1) is 5.29. The lowest BCUT2D eigenvalue weighted by molar-refractivity contribution is -0.120. The number of hydrogen-bond donors (Lipinski definition) is 2. The molecule has 0 bridgehead atoms. The molecule has 0 spiro atoms. The molecule has 0 aromatic rings. The van der Waals surface area contributed by atoms with Gasteiger partial charge in [0.05, 0.1) is 6.34 Å². The van der Waals surface area contributed by atoms with E-state index < -0.39 is 5.92 Å². The predicted octanol–water partition coefficient (Wildman–Crippen LogP) is -1.55. The van der Waals surface area contributed by atoms with Crippen molar-refractivity contribution in [1.82, 2.24) is 5.32 Å². The van der Waals surface area contributed by atoms with Crippen LogP contribution in [0.2, 0.25) is 0 Å². The van der Waals surface area contributed by atoms with Gasteiger partial charge in [-0.15, -0.1) is 10.2 Å². The average Bonchev–Trinajstić information content (AvgIpc) is 2.34. The van der Waals surface area contributed by atoms with E-state index >= 15 is 0 Å². The van der Waals surface area contributed by atoms with E-state index in [1.165, 1.54) is 6.34 Å². The summed E-state index contributed by atoms with van der Waals surface area (Å²) in [4.78, 5) is 14.8. The lowest BCUT2D eigenvalue weighted by Gasteiger charge is -2.11. The monoisotopic (exact) mass is 151 g/mol. The third-order valence-electron chi connectivity index (χ3n) is 1.49. The zero-order valence-electron chi connectivity index (χ0n) is 5.48. The maximum Gasteiger partial charge on any atom is 0.243 e. The van der Waals surface area contributed by atoms with Gasteiger partial charge in [0.2, 0.25) is 5.91 Å². The van der Waals surface area contributed by atoms with Gasteiger partial charge in [-0.1, -0.05) is 0 Å². The molecule has 0 aromatic heterocycles. The molecule has 2 aliphatic rings. The summed E-state index contributed by atoms with van der Waals surface area (Å²) in [5, 5.41) is 9.56. The fourth-order valence-electron chi connectivity index (χ4n) is 0.954. The highest BCUT2D eigenvalue weighted by molar-refractivity contribution is 6.26. The first-order valence-corrected chi connectivity index (χ1v) is 3.03. The number of fused-ring (bicyclic) bond motifs is 1. The summed E-state index contributed by atoms with van der Waals surface area (Å²) in [6.07, 6.45) is 1.28. The summed E-state index contributed by atoms with van der Waals surface area (Å²) in [5.74, 6) is -0.224. The standard InChI is InChI=1S/C5H5N5O/c6-3-2-4(10-9-3)7-1-8-5(2)11/h1-2H,(H2,6,9)(H,7,8,10,11). The molecule has 11 heavy (non-hydrogen) atoms. The smallest absolute Gasteiger partial charge is 0.243 e. The van der Waals surface area contributed by atoms with Crippen molar-refractivity contribution in [2.75, 3.05) is 0 Å². The largest absolute Gasteiger partial charge is 0.385 e. The topological polar surface area (TPSA) is 92.2 Å². The van der Waals surface area contributed by atoms with E-state index in [2.05, 4.69) is 20.5 Å². The van der Waals surface area contributed by atoms with Gasteiger partial charge in [0, 0.05) is 0 Å². The van der Waals surface area contributed by atoms with Gasteiger partial charge >= 0.3 is 0 Å². The number of rotatable bonds is 0. The van der Waals surface area contributed by atoms with E-state index in [1.54, 1.807) is 0 Å². The summed E-state index contributed by atoms with van der Waals surface area (Å²) in [7, 11) is 0. The Morgan fingerprint density at radius 3 is 3.09 bits per heavy atom. The highest BCUT2D eigenvalue weighted by Crippen LogP contribution is 2.11. The molecule has 0 aromatic carbocycles. The Kier molecular flexibility index (Phi) is 1.03. The number of aliphatic imine (C=N–C) groups is 1. The molecule has 0 radical (unpaired) electrons. The van der Waals surface area contributed by atoms with E-state index in [4.69, 9.17) is 5.73 Å². The van der Waals surface area contributed by atoms with Gasteiger partial charge in [0.15, 0.2) is 11.8 Å². The second kappa shape index (κ2) is 1.88. The second-order valence-corrected chi connectivity index (χ2v) is 2.18. The summed E-state index contributed by atoms with van der Waals surface area (Å²) in [6.45, 7) is 0. The van der Waals surface area contributed by atoms with Crippen molar-refractivity contribution in [3.05, 3.63) is 0 Å². The van der Waals surface area contributed by atoms with Crippen molar-refractivity contribution in [3.63, 3.8) is 0 Å².